The van der Waals surface area contributed by atoms with Gasteiger partial charge in [-0.3, -0.25) is 4.79 Å². The largest absolute Gasteiger partial charge is 0.385 e. The summed E-state index contributed by atoms with van der Waals surface area (Å²) in [5.74, 6) is 3.08. The Hall–Kier alpha value is -0.370. The predicted molar refractivity (Wildman–Crippen MR) is 127 cm³/mol. The number of aliphatic hydroxyl groups excluding tert-OH is 1. The Morgan fingerprint density at radius 2 is 1.39 bits per heavy atom. The minimum absolute atomic E-state index is 0.00153. The number of aliphatic hydroxyl groups is 1. The van der Waals surface area contributed by atoms with Crippen LogP contribution in [0.25, 0.3) is 0 Å². The van der Waals surface area contributed by atoms with Crippen molar-refractivity contribution in [1.29, 1.82) is 0 Å². The smallest absolute Gasteiger partial charge is 0.164 e. The fourth-order valence-corrected chi connectivity index (χ4v) is 10.7. The first-order chi connectivity index (χ1) is 14.3. The molecule has 5 aliphatic carbocycles. The zero-order chi connectivity index (χ0) is 22.6. The van der Waals surface area contributed by atoms with E-state index in [9.17, 15) is 9.90 Å². The highest BCUT2D eigenvalue weighted by molar-refractivity contribution is 5.86. The number of carbonyl (C=O) groups excluding carboxylic acids is 1. The van der Waals surface area contributed by atoms with Crippen molar-refractivity contribution in [2.75, 3.05) is 0 Å². The van der Waals surface area contributed by atoms with Crippen LogP contribution >= 0.6 is 0 Å². The summed E-state index contributed by atoms with van der Waals surface area (Å²) in [7, 11) is 0. The lowest BCUT2D eigenvalue weighted by Crippen LogP contribution is -2.65. The second-order valence-electron chi connectivity index (χ2n) is 14.8. The van der Waals surface area contributed by atoms with Crippen molar-refractivity contribution in [2.45, 2.75) is 119 Å². The maximum absolute atomic E-state index is 12.7. The molecule has 0 unspecified atom stereocenters. The lowest BCUT2D eigenvalue weighted by Gasteiger charge is -2.71. The van der Waals surface area contributed by atoms with Crippen LogP contribution in [0.4, 0.5) is 0 Å². The highest BCUT2D eigenvalue weighted by Crippen LogP contribution is 2.74. The van der Waals surface area contributed by atoms with Gasteiger partial charge in [0.25, 0.3) is 0 Å². The summed E-state index contributed by atoms with van der Waals surface area (Å²) in [5, 5.41) is 10.7. The first-order valence-electron chi connectivity index (χ1n) is 13.5. The van der Waals surface area contributed by atoms with E-state index in [0.717, 1.165) is 17.8 Å². The van der Waals surface area contributed by atoms with Crippen molar-refractivity contribution < 1.29 is 9.90 Å². The summed E-state index contributed by atoms with van der Waals surface area (Å²) >= 11 is 0. The van der Waals surface area contributed by atoms with E-state index in [2.05, 4.69) is 48.5 Å². The third-order valence-electron chi connectivity index (χ3n) is 13.0. The van der Waals surface area contributed by atoms with Gasteiger partial charge in [-0.15, -0.1) is 0 Å². The lowest BCUT2D eigenvalue weighted by molar-refractivity contribution is -0.225. The number of fused-ring (bicyclic) bond motifs is 7. The molecule has 5 saturated carbocycles. The fourth-order valence-electron chi connectivity index (χ4n) is 10.7. The molecule has 1 N–H and O–H groups in total. The van der Waals surface area contributed by atoms with Crippen molar-refractivity contribution in [3.8, 4) is 0 Å². The van der Waals surface area contributed by atoms with Crippen LogP contribution in [0, 0.1) is 56.7 Å². The second-order valence-corrected chi connectivity index (χ2v) is 14.8. The molecule has 176 valence electrons. The normalized spacial score (nSPS) is 58.5. The van der Waals surface area contributed by atoms with Gasteiger partial charge < -0.3 is 5.11 Å². The molecule has 0 radical (unpaired) electrons. The van der Waals surface area contributed by atoms with Gasteiger partial charge >= 0.3 is 0 Å². The van der Waals surface area contributed by atoms with Gasteiger partial charge in [0.05, 0.1) is 0 Å². The van der Waals surface area contributed by atoms with Gasteiger partial charge in [-0.2, -0.15) is 0 Å². The monoisotopic (exact) mass is 428 g/mol. The number of ketones is 1. The minimum Gasteiger partial charge on any atom is -0.385 e. The van der Waals surface area contributed by atoms with Crippen LogP contribution in [-0.4, -0.2) is 17.0 Å². The van der Waals surface area contributed by atoms with Crippen LogP contribution in [-0.2, 0) is 4.79 Å². The zero-order valence-corrected chi connectivity index (χ0v) is 21.4. The molecule has 0 amide bonds. The molecular formula is C29H48O2. The summed E-state index contributed by atoms with van der Waals surface area (Å²) in [5.41, 5.74) is 1.82. The SMILES string of the molecule is C[C@H]1C(=O)[C@H](O)C[C@@H]2[C@]3(C)CC[C@H]4[C@@H]5CC(C)(C)CC[C@@]5(C)CC[C@]4(C)[C@H]3CC[C@]21C. The van der Waals surface area contributed by atoms with Crippen LogP contribution in [0.5, 0.6) is 0 Å². The van der Waals surface area contributed by atoms with Gasteiger partial charge in [0.15, 0.2) is 5.78 Å². The van der Waals surface area contributed by atoms with E-state index in [1.54, 1.807) is 0 Å². The van der Waals surface area contributed by atoms with E-state index < -0.39 is 6.10 Å². The molecular weight excluding hydrogens is 380 g/mol. The summed E-state index contributed by atoms with van der Waals surface area (Å²) in [6.45, 7) is 17.4. The van der Waals surface area contributed by atoms with Crippen molar-refractivity contribution in [3.63, 3.8) is 0 Å². The minimum atomic E-state index is -0.733. The molecule has 10 atom stereocenters. The van der Waals surface area contributed by atoms with E-state index >= 15 is 0 Å². The van der Waals surface area contributed by atoms with Crippen molar-refractivity contribution in [3.05, 3.63) is 0 Å². The topological polar surface area (TPSA) is 37.3 Å². The molecule has 0 heterocycles. The summed E-state index contributed by atoms with van der Waals surface area (Å²) < 4.78 is 0. The van der Waals surface area contributed by atoms with Crippen LogP contribution in [0.2, 0.25) is 0 Å². The number of hydrogen-bond donors (Lipinski definition) is 1. The predicted octanol–water partition coefficient (Wildman–Crippen LogP) is 7.04. The van der Waals surface area contributed by atoms with Gasteiger partial charge in [0.1, 0.15) is 6.10 Å². The Labute approximate surface area is 191 Å². The highest BCUT2D eigenvalue weighted by Gasteiger charge is 2.67. The number of hydrogen-bond acceptors (Lipinski definition) is 2. The van der Waals surface area contributed by atoms with Crippen LogP contribution in [0.3, 0.4) is 0 Å². The maximum atomic E-state index is 12.7. The molecule has 0 spiro atoms. The Bertz CT molecular complexity index is 771. The summed E-state index contributed by atoms with van der Waals surface area (Å²) in [4.78, 5) is 12.7. The first kappa shape index (κ1) is 22.4. The van der Waals surface area contributed by atoms with Crippen molar-refractivity contribution in [2.24, 2.45) is 56.7 Å². The van der Waals surface area contributed by atoms with Crippen LogP contribution in [0.1, 0.15) is 113 Å². The fraction of sp³-hybridized carbons (Fsp3) is 0.966. The molecule has 2 heteroatoms. The van der Waals surface area contributed by atoms with E-state index in [1.165, 1.54) is 57.8 Å². The molecule has 2 nitrogen and oxygen atoms in total. The molecule has 0 aromatic rings. The van der Waals surface area contributed by atoms with Gasteiger partial charge in [0.2, 0.25) is 0 Å². The summed E-state index contributed by atoms with van der Waals surface area (Å²) in [6, 6.07) is 0. The van der Waals surface area contributed by atoms with Gasteiger partial charge in [-0.1, -0.05) is 48.5 Å². The molecule has 31 heavy (non-hydrogen) atoms. The van der Waals surface area contributed by atoms with E-state index in [1.807, 2.05) is 0 Å². The lowest BCUT2D eigenvalue weighted by atomic mass is 9.33. The Morgan fingerprint density at radius 3 is 2.10 bits per heavy atom. The molecule has 0 bridgehead atoms. The number of Topliss-reactive ketones (excluding diaryl/α,β-unsaturated/α-hetero) is 1. The maximum Gasteiger partial charge on any atom is 0.164 e. The van der Waals surface area contributed by atoms with Crippen LogP contribution in [0.15, 0.2) is 0 Å². The molecule has 0 saturated heterocycles. The second kappa shape index (κ2) is 6.61. The van der Waals surface area contributed by atoms with Gasteiger partial charge in [-0.05, 0) is 115 Å². The molecule has 0 aromatic carbocycles. The quantitative estimate of drug-likeness (QED) is 0.449. The Balaban J connectivity index is 1.51. The average molecular weight is 429 g/mol. The van der Waals surface area contributed by atoms with E-state index in [4.69, 9.17) is 0 Å². The molecule has 5 rings (SSSR count). The molecule has 0 aliphatic heterocycles. The van der Waals surface area contributed by atoms with Gasteiger partial charge in [0, 0.05) is 5.92 Å². The first-order valence-corrected chi connectivity index (χ1v) is 13.5. The molecule has 5 aliphatic rings. The Morgan fingerprint density at radius 1 is 0.742 bits per heavy atom. The van der Waals surface area contributed by atoms with E-state index in [0.29, 0.717) is 28.6 Å². The van der Waals surface area contributed by atoms with Crippen molar-refractivity contribution >= 4 is 5.78 Å². The third-order valence-corrected chi connectivity index (χ3v) is 13.0. The molecule has 5 fully saturated rings. The third kappa shape index (κ3) is 2.88. The van der Waals surface area contributed by atoms with Crippen molar-refractivity contribution in [1.82, 2.24) is 0 Å². The highest BCUT2D eigenvalue weighted by atomic mass is 16.3. The molecule has 0 aromatic heterocycles. The Kier molecular flexibility index (Phi) is 4.78. The summed E-state index contributed by atoms with van der Waals surface area (Å²) in [6.07, 6.45) is 12.1. The average Bonchev–Trinajstić information content (AvgIpc) is 2.69. The zero-order valence-electron chi connectivity index (χ0n) is 21.4. The number of rotatable bonds is 0. The number of carbonyl (C=O) groups is 1. The standard InChI is InChI=1S/C29H48O2/c1-18-24(31)21(30)16-23-27(18,5)11-9-22-28(6)15-14-26(4)13-12-25(2,3)17-20(26)19(28)8-10-29(22,23)7/h18-23,30H,8-17H2,1-7H3/t18-,19-,20-,21+,22+,23-,26-,27-,28-,29+/m0/s1. The van der Waals surface area contributed by atoms with Gasteiger partial charge in [-0.25, -0.2) is 0 Å². The van der Waals surface area contributed by atoms with E-state index in [-0.39, 0.29) is 22.5 Å². The van der Waals surface area contributed by atoms with Crippen LogP contribution < -0.4 is 0 Å².